The number of hydrogen-bond donors (Lipinski definition) is 1. The third-order valence-electron chi connectivity index (χ3n) is 4.47. The van der Waals surface area contributed by atoms with Gasteiger partial charge in [0.2, 0.25) is 0 Å². The first-order chi connectivity index (χ1) is 9.34. The molecule has 0 aliphatic heterocycles. The van der Waals surface area contributed by atoms with Gasteiger partial charge in [-0.2, -0.15) is 0 Å². The Hall–Kier alpha value is -1.31. The van der Waals surface area contributed by atoms with Gasteiger partial charge in [-0.1, -0.05) is 50.7 Å². The molecule has 3 rings (SSSR count). The maximum Gasteiger partial charge on any atom is 0.110 e. The van der Waals surface area contributed by atoms with Gasteiger partial charge in [0.25, 0.3) is 0 Å². The highest BCUT2D eigenvalue weighted by atomic mass is 14.9. The van der Waals surface area contributed by atoms with Gasteiger partial charge >= 0.3 is 0 Å². The van der Waals surface area contributed by atoms with E-state index in [-0.39, 0.29) is 0 Å². The molecule has 1 saturated carbocycles. The average Bonchev–Trinajstić information content (AvgIpc) is 2.88. The maximum atomic E-state index is 4.88. The predicted octanol–water partition coefficient (Wildman–Crippen LogP) is 5.09. The number of H-pyrrole nitrogens is 1. The molecule has 2 nitrogen and oxygen atoms in total. The van der Waals surface area contributed by atoms with Crippen LogP contribution in [0.5, 0.6) is 0 Å². The number of rotatable bonds is 1. The van der Waals surface area contributed by atoms with Gasteiger partial charge in [-0.15, -0.1) is 0 Å². The molecular formula is C17H24N2. The summed E-state index contributed by atoms with van der Waals surface area (Å²) in [7, 11) is 0. The Morgan fingerprint density at radius 1 is 1.00 bits per heavy atom. The zero-order chi connectivity index (χ0) is 13.1. The molecule has 0 radical (unpaired) electrons. The zero-order valence-electron chi connectivity index (χ0n) is 11.9. The molecule has 2 aromatic rings. The highest BCUT2D eigenvalue weighted by Gasteiger charge is 2.17. The molecule has 1 fully saturated rings. The van der Waals surface area contributed by atoms with Crippen LogP contribution in [0.15, 0.2) is 18.2 Å². The number of nitrogens with zero attached hydrogens (tertiary/aromatic N) is 1. The summed E-state index contributed by atoms with van der Waals surface area (Å²) >= 11 is 0. The van der Waals surface area contributed by atoms with Crippen molar-refractivity contribution in [2.75, 3.05) is 0 Å². The largest absolute Gasteiger partial charge is 0.342 e. The van der Waals surface area contributed by atoms with E-state index in [4.69, 9.17) is 4.98 Å². The van der Waals surface area contributed by atoms with E-state index in [2.05, 4.69) is 30.1 Å². The van der Waals surface area contributed by atoms with Gasteiger partial charge in [0.05, 0.1) is 11.0 Å². The molecular weight excluding hydrogens is 232 g/mol. The van der Waals surface area contributed by atoms with Crippen molar-refractivity contribution in [1.29, 1.82) is 0 Å². The molecule has 0 saturated heterocycles. The van der Waals surface area contributed by atoms with Crippen LogP contribution in [-0.2, 0) is 0 Å². The first kappa shape index (κ1) is 12.7. The second kappa shape index (κ2) is 5.77. The molecule has 0 unspecified atom stereocenters. The number of aromatic nitrogens is 2. The lowest BCUT2D eigenvalue weighted by Gasteiger charge is -2.12. The summed E-state index contributed by atoms with van der Waals surface area (Å²) in [5.41, 5.74) is 3.65. The van der Waals surface area contributed by atoms with Crippen molar-refractivity contribution >= 4 is 11.0 Å². The van der Waals surface area contributed by atoms with E-state index >= 15 is 0 Å². The predicted molar refractivity (Wildman–Crippen MR) is 80.5 cm³/mol. The molecule has 1 N–H and O–H groups in total. The monoisotopic (exact) mass is 256 g/mol. The molecule has 0 bridgehead atoms. The number of nitrogens with one attached hydrogen (secondary N) is 1. The third kappa shape index (κ3) is 2.83. The van der Waals surface area contributed by atoms with Crippen molar-refractivity contribution < 1.29 is 0 Å². The Morgan fingerprint density at radius 3 is 2.37 bits per heavy atom. The first-order valence-corrected chi connectivity index (χ1v) is 7.80. The molecule has 0 spiro atoms. The summed E-state index contributed by atoms with van der Waals surface area (Å²) < 4.78 is 0. The smallest absolute Gasteiger partial charge is 0.110 e. The number of hydrogen-bond acceptors (Lipinski definition) is 1. The van der Waals surface area contributed by atoms with E-state index in [0.717, 1.165) is 5.52 Å². The van der Waals surface area contributed by atoms with Gasteiger partial charge in [0.1, 0.15) is 5.82 Å². The highest BCUT2D eigenvalue weighted by Crippen LogP contribution is 2.30. The summed E-state index contributed by atoms with van der Waals surface area (Å²) in [6, 6.07) is 6.41. The summed E-state index contributed by atoms with van der Waals surface area (Å²) in [6.07, 6.45) is 11.0. The fourth-order valence-electron chi connectivity index (χ4n) is 3.29. The molecule has 2 heteroatoms. The van der Waals surface area contributed by atoms with Crippen molar-refractivity contribution in [3.63, 3.8) is 0 Å². The lowest BCUT2D eigenvalue weighted by atomic mass is 9.96. The standard InChI is InChI=1S/C17H24N2/c1-13-9-8-12-15-16(13)19-17(18-15)14-10-6-4-2-3-5-7-11-14/h8-9,12,14H,2-7,10-11H2,1H3,(H,18,19). The number of aromatic amines is 1. The van der Waals surface area contributed by atoms with Gasteiger partial charge in [-0.25, -0.2) is 4.98 Å². The fraction of sp³-hybridized carbons (Fsp3) is 0.588. The first-order valence-electron chi connectivity index (χ1n) is 7.80. The van der Waals surface area contributed by atoms with E-state index in [1.807, 2.05) is 0 Å². The van der Waals surface area contributed by atoms with Crippen molar-refractivity contribution in [2.45, 2.75) is 64.2 Å². The van der Waals surface area contributed by atoms with Crippen LogP contribution in [0.25, 0.3) is 11.0 Å². The minimum Gasteiger partial charge on any atom is -0.342 e. The van der Waals surface area contributed by atoms with Gasteiger partial charge in [-0.3, -0.25) is 0 Å². The van der Waals surface area contributed by atoms with Crippen LogP contribution in [0.2, 0.25) is 0 Å². The Balaban J connectivity index is 1.86. The molecule has 0 amide bonds. The summed E-state index contributed by atoms with van der Waals surface area (Å²) in [5.74, 6) is 1.87. The summed E-state index contributed by atoms with van der Waals surface area (Å²) in [6.45, 7) is 2.15. The quantitative estimate of drug-likeness (QED) is 0.756. The number of aryl methyl sites for hydroxylation is 1. The van der Waals surface area contributed by atoms with Crippen LogP contribution in [0.4, 0.5) is 0 Å². The summed E-state index contributed by atoms with van der Waals surface area (Å²) in [4.78, 5) is 8.45. The minimum atomic E-state index is 0.643. The number of imidazole rings is 1. The number of fused-ring (bicyclic) bond motifs is 1. The van der Waals surface area contributed by atoms with Crippen LogP contribution in [-0.4, -0.2) is 9.97 Å². The van der Waals surface area contributed by atoms with E-state index in [0.29, 0.717) is 5.92 Å². The Morgan fingerprint density at radius 2 is 1.68 bits per heavy atom. The average molecular weight is 256 g/mol. The molecule has 0 atom stereocenters. The second-order valence-corrected chi connectivity index (χ2v) is 5.99. The van der Waals surface area contributed by atoms with Crippen molar-refractivity contribution in [3.8, 4) is 0 Å². The third-order valence-corrected chi connectivity index (χ3v) is 4.47. The molecule has 102 valence electrons. The minimum absolute atomic E-state index is 0.643. The van der Waals surface area contributed by atoms with Crippen LogP contribution in [0, 0.1) is 6.92 Å². The van der Waals surface area contributed by atoms with E-state index in [1.165, 1.54) is 68.3 Å². The maximum absolute atomic E-state index is 4.88. The summed E-state index contributed by atoms with van der Waals surface area (Å²) in [5, 5.41) is 0. The zero-order valence-corrected chi connectivity index (χ0v) is 11.9. The second-order valence-electron chi connectivity index (χ2n) is 5.99. The molecule has 19 heavy (non-hydrogen) atoms. The molecule has 1 aromatic carbocycles. The topological polar surface area (TPSA) is 28.7 Å². The van der Waals surface area contributed by atoms with Gasteiger partial charge < -0.3 is 4.98 Å². The van der Waals surface area contributed by atoms with Crippen LogP contribution >= 0.6 is 0 Å². The van der Waals surface area contributed by atoms with Crippen molar-refractivity contribution in [3.05, 3.63) is 29.6 Å². The van der Waals surface area contributed by atoms with Crippen LogP contribution in [0.3, 0.4) is 0 Å². The lowest BCUT2D eigenvalue weighted by molar-refractivity contribution is 0.520. The fourth-order valence-corrected chi connectivity index (χ4v) is 3.29. The lowest BCUT2D eigenvalue weighted by Crippen LogP contribution is -2.01. The molecule has 1 aliphatic rings. The molecule has 1 aromatic heterocycles. The van der Waals surface area contributed by atoms with E-state index < -0.39 is 0 Å². The van der Waals surface area contributed by atoms with Gasteiger partial charge in [-0.05, 0) is 31.4 Å². The van der Waals surface area contributed by atoms with Gasteiger partial charge in [0, 0.05) is 5.92 Å². The van der Waals surface area contributed by atoms with Gasteiger partial charge in [0.15, 0.2) is 0 Å². The SMILES string of the molecule is Cc1cccc2[nH]c(C3CCCCCCCC3)nc12. The highest BCUT2D eigenvalue weighted by molar-refractivity contribution is 5.78. The Kier molecular flexibility index (Phi) is 3.86. The van der Waals surface area contributed by atoms with E-state index in [9.17, 15) is 0 Å². The van der Waals surface area contributed by atoms with Crippen LogP contribution < -0.4 is 0 Å². The number of benzene rings is 1. The normalized spacial score (nSPS) is 19.0. The Labute approximate surface area is 115 Å². The Bertz CT molecular complexity index is 531. The molecule has 1 heterocycles. The van der Waals surface area contributed by atoms with E-state index in [1.54, 1.807) is 0 Å². The van der Waals surface area contributed by atoms with Crippen molar-refractivity contribution in [1.82, 2.24) is 9.97 Å². The molecule has 1 aliphatic carbocycles. The van der Waals surface area contributed by atoms with Crippen LogP contribution in [0.1, 0.15) is 68.7 Å². The number of para-hydroxylation sites is 1. The van der Waals surface area contributed by atoms with Crippen molar-refractivity contribution in [2.24, 2.45) is 0 Å².